The van der Waals surface area contributed by atoms with Gasteiger partial charge < -0.3 is 10.5 Å². The lowest BCUT2D eigenvalue weighted by Crippen LogP contribution is -2.29. The first kappa shape index (κ1) is 16.2. The van der Waals surface area contributed by atoms with Crippen molar-refractivity contribution in [2.24, 2.45) is 5.73 Å². The van der Waals surface area contributed by atoms with Crippen LogP contribution in [-0.4, -0.2) is 6.04 Å². The van der Waals surface area contributed by atoms with E-state index < -0.39 is 23.8 Å². The first-order valence-electron chi connectivity index (χ1n) is 6.21. The normalized spacial score (nSPS) is 13.8. The number of hydrogen-bond acceptors (Lipinski definition) is 2. The Bertz CT molecular complexity index is 652. The quantitative estimate of drug-likeness (QED) is 0.774. The lowest BCUT2D eigenvalue weighted by Gasteiger charge is -2.24. The van der Waals surface area contributed by atoms with Gasteiger partial charge in [0.15, 0.2) is 0 Å². The van der Waals surface area contributed by atoms with Crippen LogP contribution in [0.3, 0.4) is 0 Å². The van der Waals surface area contributed by atoms with Gasteiger partial charge in [0.2, 0.25) is 0 Å². The van der Waals surface area contributed by atoms with E-state index >= 15 is 0 Å². The summed E-state index contributed by atoms with van der Waals surface area (Å²) >= 11 is 8.92. The van der Waals surface area contributed by atoms with Crippen LogP contribution in [0, 0.1) is 11.6 Å². The topological polar surface area (TPSA) is 35.2 Å². The van der Waals surface area contributed by atoms with Gasteiger partial charge in [-0.1, -0.05) is 29.8 Å². The standard InChI is InChI=1S/C15H13BrClF2NO/c1-8(20)15(9-4-2-3-5-12(9)18)21-14-7-13(19)11(17)6-10(14)16/h2-8,15H,20H2,1H3. The molecule has 0 aromatic heterocycles. The van der Waals surface area contributed by atoms with Crippen LogP contribution in [0.25, 0.3) is 0 Å². The molecule has 2 nitrogen and oxygen atoms in total. The van der Waals surface area contributed by atoms with Crippen molar-refractivity contribution in [2.75, 3.05) is 0 Å². The fourth-order valence-corrected chi connectivity index (χ4v) is 2.62. The molecule has 0 saturated heterocycles. The summed E-state index contributed by atoms with van der Waals surface area (Å²) in [4.78, 5) is 0. The predicted molar refractivity (Wildman–Crippen MR) is 82.5 cm³/mol. The SMILES string of the molecule is CC(N)C(Oc1cc(F)c(Cl)cc1Br)c1ccccc1F. The van der Waals surface area contributed by atoms with Crippen LogP contribution in [0.1, 0.15) is 18.6 Å². The van der Waals surface area contributed by atoms with Gasteiger partial charge in [-0.2, -0.15) is 0 Å². The molecule has 2 rings (SSSR count). The smallest absolute Gasteiger partial charge is 0.145 e. The third-order valence-electron chi connectivity index (χ3n) is 2.92. The van der Waals surface area contributed by atoms with Gasteiger partial charge in [-0.25, -0.2) is 8.78 Å². The minimum Gasteiger partial charge on any atom is -0.483 e. The Morgan fingerprint density at radius 2 is 1.86 bits per heavy atom. The summed E-state index contributed by atoms with van der Waals surface area (Å²) in [6.07, 6.45) is -0.747. The molecule has 112 valence electrons. The van der Waals surface area contributed by atoms with E-state index in [0.717, 1.165) is 6.07 Å². The van der Waals surface area contributed by atoms with Gasteiger partial charge in [-0.3, -0.25) is 0 Å². The molecule has 0 amide bonds. The van der Waals surface area contributed by atoms with Gasteiger partial charge in [-0.05, 0) is 35.0 Å². The van der Waals surface area contributed by atoms with Crippen LogP contribution in [0.4, 0.5) is 8.78 Å². The fourth-order valence-electron chi connectivity index (χ4n) is 1.89. The molecule has 2 unspecified atom stereocenters. The zero-order valence-electron chi connectivity index (χ0n) is 11.1. The van der Waals surface area contributed by atoms with E-state index in [-0.39, 0.29) is 10.8 Å². The van der Waals surface area contributed by atoms with Crippen LogP contribution in [0.5, 0.6) is 5.75 Å². The summed E-state index contributed by atoms with van der Waals surface area (Å²) in [6.45, 7) is 1.69. The van der Waals surface area contributed by atoms with Crippen LogP contribution in [-0.2, 0) is 0 Å². The molecular formula is C15H13BrClF2NO. The van der Waals surface area contributed by atoms with Crippen molar-refractivity contribution < 1.29 is 13.5 Å². The highest BCUT2D eigenvalue weighted by Crippen LogP contribution is 2.34. The molecule has 6 heteroatoms. The molecule has 2 aromatic carbocycles. The summed E-state index contributed by atoms with van der Waals surface area (Å²) in [5.74, 6) is -0.834. The van der Waals surface area contributed by atoms with E-state index in [9.17, 15) is 8.78 Å². The summed E-state index contributed by atoms with van der Waals surface area (Å²) in [5, 5.41) is -0.0301. The number of nitrogens with two attached hydrogens (primary N) is 1. The van der Waals surface area contributed by atoms with Crippen molar-refractivity contribution in [3.63, 3.8) is 0 Å². The van der Waals surface area contributed by atoms with Gasteiger partial charge >= 0.3 is 0 Å². The first-order valence-corrected chi connectivity index (χ1v) is 7.38. The second-order valence-electron chi connectivity index (χ2n) is 4.62. The molecule has 21 heavy (non-hydrogen) atoms. The maximum absolute atomic E-state index is 13.9. The Hall–Kier alpha value is -1.17. The summed E-state index contributed by atoms with van der Waals surface area (Å²) in [7, 11) is 0. The molecule has 2 N–H and O–H groups in total. The number of benzene rings is 2. The zero-order valence-corrected chi connectivity index (χ0v) is 13.5. The van der Waals surface area contributed by atoms with E-state index in [1.54, 1.807) is 25.1 Å². The Balaban J connectivity index is 2.38. The molecule has 0 saturated carbocycles. The Labute approximate surface area is 135 Å². The van der Waals surface area contributed by atoms with Crippen LogP contribution in [0.2, 0.25) is 5.02 Å². The minimum atomic E-state index is -0.747. The molecular weight excluding hydrogens is 364 g/mol. The van der Waals surface area contributed by atoms with Gasteiger partial charge in [0.1, 0.15) is 23.5 Å². The molecule has 0 aliphatic rings. The maximum atomic E-state index is 13.9. The van der Waals surface area contributed by atoms with Crippen LogP contribution < -0.4 is 10.5 Å². The van der Waals surface area contributed by atoms with E-state index in [2.05, 4.69) is 15.9 Å². The van der Waals surface area contributed by atoms with Crippen molar-refractivity contribution >= 4 is 27.5 Å². The predicted octanol–water partition coefficient (Wildman–Crippen LogP) is 4.85. The van der Waals surface area contributed by atoms with E-state index in [1.807, 2.05) is 0 Å². The highest BCUT2D eigenvalue weighted by Gasteiger charge is 2.23. The molecule has 0 bridgehead atoms. The Morgan fingerprint density at radius 3 is 2.48 bits per heavy atom. The molecule has 0 fully saturated rings. The summed E-state index contributed by atoms with van der Waals surface area (Å²) in [5.41, 5.74) is 6.19. The lowest BCUT2D eigenvalue weighted by molar-refractivity contribution is 0.174. The zero-order chi connectivity index (χ0) is 15.6. The fraction of sp³-hybridized carbons (Fsp3) is 0.200. The van der Waals surface area contributed by atoms with E-state index in [0.29, 0.717) is 10.0 Å². The molecule has 2 aromatic rings. The largest absolute Gasteiger partial charge is 0.483 e. The van der Waals surface area contributed by atoms with E-state index in [1.165, 1.54) is 12.1 Å². The van der Waals surface area contributed by atoms with Crippen LogP contribution >= 0.6 is 27.5 Å². The van der Waals surface area contributed by atoms with Gasteiger partial charge in [-0.15, -0.1) is 0 Å². The molecule has 0 heterocycles. The highest BCUT2D eigenvalue weighted by atomic mass is 79.9. The molecule has 2 atom stereocenters. The second kappa shape index (κ2) is 6.73. The maximum Gasteiger partial charge on any atom is 0.145 e. The third-order valence-corrected chi connectivity index (χ3v) is 3.83. The Kier molecular flexibility index (Phi) is 5.19. The molecule has 0 radical (unpaired) electrons. The number of ether oxygens (including phenoxy) is 1. The minimum absolute atomic E-state index is 0.0301. The van der Waals surface area contributed by atoms with Crippen molar-refractivity contribution in [3.05, 3.63) is 63.1 Å². The van der Waals surface area contributed by atoms with Gasteiger partial charge in [0, 0.05) is 17.7 Å². The van der Waals surface area contributed by atoms with Crippen molar-refractivity contribution in [1.29, 1.82) is 0 Å². The summed E-state index contributed by atoms with van der Waals surface area (Å²) < 4.78 is 33.6. The number of rotatable bonds is 4. The second-order valence-corrected chi connectivity index (χ2v) is 5.88. The average molecular weight is 377 g/mol. The Morgan fingerprint density at radius 1 is 1.19 bits per heavy atom. The van der Waals surface area contributed by atoms with Crippen molar-refractivity contribution in [2.45, 2.75) is 19.1 Å². The molecule has 0 spiro atoms. The van der Waals surface area contributed by atoms with Crippen molar-refractivity contribution in [1.82, 2.24) is 0 Å². The lowest BCUT2D eigenvalue weighted by atomic mass is 10.0. The van der Waals surface area contributed by atoms with E-state index in [4.69, 9.17) is 22.1 Å². The average Bonchev–Trinajstić information content (AvgIpc) is 2.42. The summed E-state index contributed by atoms with van der Waals surface area (Å²) in [6, 6.07) is 8.21. The van der Waals surface area contributed by atoms with Crippen LogP contribution in [0.15, 0.2) is 40.9 Å². The van der Waals surface area contributed by atoms with Gasteiger partial charge in [0.05, 0.1) is 9.50 Å². The van der Waals surface area contributed by atoms with Gasteiger partial charge in [0.25, 0.3) is 0 Å². The monoisotopic (exact) mass is 375 g/mol. The molecule has 0 aliphatic heterocycles. The molecule has 0 aliphatic carbocycles. The third kappa shape index (κ3) is 3.73. The first-order chi connectivity index (χ1) is 9.90. The number of halogens is 4. The highest BCUT2D eigenvalue weighted by molar-refractivity contribution is 9.10. The van der Waals surface area contributed by atoms with Crippen molar-refractivity contribution in [3.8, 4) is 5.75 Å². The number of hydrogen-bond donors (Lipinski definition) is 1.